The number of esters is 1. The van der Waals surface area contributed by atoms with Crippen molar-refractivity contribution >= 4 is 35.1 Å². The summed E-state index contributed by atoms with van der Waals surface area (Å²) in [5.74, 6) is -0.515. The van der Waals surface area contributed by atoms with Crippen molar-refractivity contribution in [2.45, 2.75) is 38.8 Å². The summed E-state index contributed by atoms with van der Waals surface area (Å²) in [5, 5.41) is 3.80. The minimum Gasteiger partial charge on any atom is -0.465 e. The van der Waals surface area contributed by atoms with Gasteiger partial charge in [0.25, 0.3) is 0 Å². The van der Waals surface area contributed by atoms with Crippen molar-refractivity contribution in [3.8, 4) is 0 Å². The van der Waals surface area contributed by atoms with Gasteiger partial charge in [0.15, 0.2) is 0 Å². The van der Waals surface area contributed by atoms with Gasteiger partial charge in [-0.15, -0.1) is 0 Å². The number of ether oxygens (including phenoxy) is 1. The fourth-order valence-corrected chi connectivity index (χ4v) is 3.06. The molecule has 1 amide bonds. The van der Waals surface area contributed by atoms with Crippen LogP contribution in [0.5, 0.6) is 0 Å². The van der Waals surface area contributed by atoms with Crippen LogP contribution in [0, 0.1) is 0 Å². The van der Waals surface area contributed by atoms with E-state index in [-0.39, 0.29) is 25.1 Å². The third-order valence-electron chi connectivity index (χ3n) is 3.77. The molecule has 1 unspecified atom stereocenters. The van der Waals surface area contributed by atoms with Crippen LogP contribution in [0.2, 0.25) is 10.0 Å². The number of rotatable bonds is 8. The molecule has 0 radical (unpaired) electrons. The highest BCUT2D eigenvalue weighted by Crippen LogP contribution is 2.28. The molecule has 1 fully saturated rings. The van der Waals surface area contributed by atoms with E-state index in [1.165, 1.54) is 0 Å². The summed E-state index contributed by atoms with van der Waals surface area (Å²) in [7, 11) is 0. The smallest absolute Gasteiger partial charge is 0.328 e. The molecule has 1 N–H and O–H groups in total. The molecule has 5 nitrogen and oxygen atoms in total. The zero-order valence-corrected chi connectivity index (χ0v) is 15.4. The van der Waals surface area contributed by atoms with Crippen LogP contribution in [0.15, 0.2) is 18.2 Å². The highest BCUT2D eigenvalue weighted by atomic mass is 35.5. The molecule has 1 aliphatic carbocycles. The minimum atomic E-state index is -0.726. The molecule has 1 aromatic rings. The van der Waals surface area contributed by atoms with Gasteiger partial charge < -0.3 is 10.1 Å². The van der Waals surface area contributed by atoms with Gasteiger partial charge in [-0.3, -0.25) is 9.69 Å². The lowest BCUT2D eigenvalue weighted by Crippen LogP contribution is -2.42. The molecule has 24 heavy (non-hydrogen) atoms. The van der Waals surface area contributed by atoms with Gasteiger partial charge in [-0.25, -0.2) is 4.79 Å². The van der Waals surface area contributed by atoms with Crippen LogP contribution >= 0.6 is 23.2 Å². The van der Waals surface area contributed by atoms with Gasteiger partial charge in [-0.05, 0) is 50.1 Å². The Kier molecular flexibility index (Phi) is 6.90. The van der Waals surface area contributed by atoms with E-state index < -0.39 is 12.0 Å². The fraction of sp³-hybridized carbons (Fsp3) is 0.529. The number of benzene rings is 1. The number of carbonyl (C=O) groups is 2. The van der Waals surface area contributed by atoms with Gasteiger partial charge in [-0.2, -0.15) is 0 Å². The minimum absolute atomic E-state index is 0.0956. The second kappa shape index (κ2) is 8.70. The number of halogens is 2. The average molecular weight is 373 g/mol. The number of nitrogens with zero attached hydrogens (tertiary/aromatic N) is 1. The molecule has 1 aromatic carbocycles. The Hall–Kier alpha value is -1.30. The molecular weight excluding hydrogens is 351 g/mol. The number of hydrogen-bond acceptors (Lipinski definition) is 4. The Morgan fingerprint density at radius 2 is 1.88 bits per heavy atom. The van der Waals surface area contributed by atoms with Gasteiger partial charge in [0.05, 0.1) is 13.2 Å². The first-order valence-electron chi connectivity index (χ1n) is 8.10. The Bertz CT molecular complexity index is 585. The lowest BCUT2D eigenvalue weighted by Gasteiger charge is -2.29. The molecule has 1 atom stereocenters. The maximum atomic E-state index is 12.5. The van der Waals surface area contributed by atoms with E-state index in [1.54, 1.807) is 30.0 Å². The summed E-state index contributed by atoms with van der Waals surface area (Å²) in [6, 6.07) is 4.51. The summed E-state index contributed by atoms with van der Waals surface area (Å²) in [5.41, 5.74) is 0.618. The molecule has 1 aliphatic rings. The molecule has 0 aromatic heterocycles. The maximum Gasteiger partial charge on any atom is 0.328 e. The van der Waals surface area contributed by atoms with Gasteiger partial charge in [0.1, 0.15) is 6.04 Å². The molecular formula is C17H22Cl2N2O3. The number of amides is 1. The van der Waals surface area contributed by atoms with Crippen molar-refractivity contribution in [3.63, 3.8) is 0 Å². The van der Waals surface area contributed by atoms with Crippen LogP contribution in [0.4, 0.5) is 0 Å². The summed E-state index contributed by atoms with van der Waals surface area (Å²) in [4.78, 5) is 26.4. The van der Waals surface area contributed by atoms with E-state index in [2.05, 4.69) is 5.32 Å². The topological polar surface area (TPSA) is 58.6 Å². The molecule has 0 spiro atoms. The van der Waals surface area contributed by atoms with Gasteiger partial charge >= 0.3 is 5.97 Å². The Labute approximate surface area is 152 Å². The number of hydrogen-bond donors (Lipinski definition) is 1. The summed E-state index contributed by atoms with van der Waals surface area (Å²) < 4.78 is 5.20. The van der Waals surface area contributed by atoms with Crippen molar-refractivity contribution in [1.82, 2.24) is 10.2 Å². The second-order valence-electron chi connectivity index (χ2n) is 5.76. The molecule has 7 heteroatoms. The molecule has 0 bridgehead atoms. The van der Waals surface area contributed by atoms with E-state index in [9.17, 15) is 9.59 Å². The first-order chi connectivity index (χ1) is 11.4. The van der Waals surface area contributed by atoms with Gasteiger partial charge in [0.2, 0.25) is 5.91 Å². The Balaban J connectivity index is 2.24. The lowest BCUT2D eigenvalue weighted by atomic mass is 10.0. The van der Waals surface area contributed by atoms with Crippen molar-refractivity contribution < 1.29 is 14.3 Å². The van der Waals surface area contributed by atoms with Gasteiger partial charge in [0, 0.05) is 16.1 Å². The van der Waals surface area contributed by atoms with Crippen molar-refractivity contribution in [2.24, 2.45) is 0 Å². The van der Waals surface area contributed by atoms with Gasteiger partial charge in [-0.1, -0.05) is 30.1 Å². The normalized spacial score (nSPS) is 15.2. The molecule has 132 valence electrons. The summed E-state index contributed by atoms with van der Waals surface area (Å²) in [6.07, 6.45) is 2.03. The van der Waals surface area contributed by atoms with E-state index >= 15 is 0 Å². The SMILES string of the molecule is CCOC(=O)C(c1cc(Cl)cc(Cl)c1)N(CC)CC(=O)NC1CC1. The Morgan fingerprint density at radius 1 is 1.25 bits per heavy atom. The quantitative estimate of drug-likeness (QED) is 0.711. The third-order valence-corrected chi connectivity index (χ3v) is 4.21. The van der Waals surface area contributed by atoms with E-state index in [0.29, 0.717) is 22.2 Å². The van der Waals surface area contributed by atoms with Crippen LogP contribution in [0.25, 0.3) is 0 Å². The number of carbonyl (C=O) groups excluding carboxylic acids is 2. The highest BCUT2D eigenvalue weighted by Gasteiger charge is 2.31. The van der Waals surface area contributed by atoms with E-state index in [1.807, 2.05) is 6.92 Å². The molecule has 1 saturated carbocycles. The van der Waals surface area contributed by atoms with Crippen LogP contribution in [0.1, 0.15) is 38.3 Å². The van der Waals surface area contributed by atoms with Crippen molar-refractivity contribution in [2.75, 3.05) is 19.7 Å². The lowest BCUT2D eigenvalue weighted by molar-refractivity contribution is -0.150. The maximum absolute atomic E-state index is 12.5. The number of nitrogens with one attached hydrogen (secondary N) is 1. The largest absolute Gasteiger partial charge is 0.465 e. The van der Waals surface area contributed by atoms with E-state index in [0.717, 1.165) is 12.8 Å². The predicted octanol–water partition coefficient (Wildman–Crippen LogP) is 3.20. The first kappa shape index (κ1) is 19.0. The van der Waals surface area contributed by atoms with Crippen LogP contribution in [-0.4, -0.2) is 42.5 Å². The predicted molar refractivity (Wildman–Crippen MR) is 94.2 cm³/mol. The first-order valence-corrected chi connectivity index (χ1v) is 8.86. The number of likely N-dealkylation sites (N-methyl/N-ethyl adjacent to an activating group) is 1. The second-order valence-corrected chi connectivity index (χ2v) is 6.64. The van der Waals surface area contributed by atoms with Crippen LogP contribution in [0.3, 0.4) is 0 Å². The standard InChI is InChI=1S/C17H22Cl2N2O3/c1-3-21(10-15(22)20-14-5-6-14)16(17(23)24-4-2)11-7-12(18)9-13(19)8-11/h7-9,14,16H,3-6,10H2,1-2H3,(H,20,22). The van der Waals surface area contributed by atoms with Crippen molar-refractivity contribution in [1.29, 1.82) is 0 Å². The summed E-state index contributed by atoms with van der Waals surface area (Å²) in [6.45, 7) is 4.51. The van der Waals surface area contributed by atoms with Crippen LogP contribution in [-0.2, 0) is 14.3 Å². The van der Waals surface area contributed by atoms with E-state index in [4.69, 9.17) is 27.9 Å². The average Bonchev–Trinajstić information content (AvgIpc) is 3.29. The zero-order chi connectivity index (χ0) is 17.7. The molecule has 0 aliphatic heterocycles. The molecule has 0 heterocycles. The summed E-state index contributed by atoms with van der Waals surface area (Å²) >= 11 is 12.1. The molecule has 0 saturated heterocycles. The third kappa shape index (κ3) is 5.36. The fourth-order valence-electron chi connectivity index (χ4n) is 2.52. The van der Waals surface area contributed by atoms with Crippen LogP contribution < -0.4 is 5.32 Å². The highest BCUT2D eigenvalue weighted by molar-refractivity contribution is 6.34. The molecule has 2 rings (SSSR count). The zero-order valence-electron chi connectivity index (χ0n) is 13.9. The van der Waals surface area contributed by atoms with Crippen molar-refractivity contribution in [3.05, 3.63) is 33.8 Å². The Morgan fingerprint density at radius 3 is 2.38 bits per heavy atom. The monoisotopic (exact) mass is 372 g/mol.